The van der Waals surface area contributed by atoms with E-state index in [1.54, 1.807) is 12.1 Å². The molecule has 5 N–H and O–H groups in total. The minimum absolute atomic E-state index is 0.0228. The predicted molar refractivity (Wildman–Crippen MR) is 76.7 cm³/mol. The Kier molecular flexibility index (Phi) is 3.92. The lowest BCUT2D eigenvalue weighted by atomic mass is 9.75. The van der Waals surface area contributed by atoms with Crippen LogP contribution in [0.2, 0.25) is 0 Å². The summed E-state index contributed by atoms with van der Waals surface area (Å²) >= 11 is 0. The van der Waals surface area contributed by atoms with Crippen LogP contribution in [0.1, 0.15) is 24.0 Å². The van der Waals surface area contributed by atoms with Crippen LogP contribution in [0.4, 0.5) is 0 Å². The zero-order valence-corrected chi connectivity index (χ0v) is 12.3. The van der Waals surface area contributed by atoms with Crippen molar-refractivity contribution in [3.05, 3.63) is 35.4 Å². The summed E-state index contributed by atoms with van der Waals surface area (Å²) in [4.78, 5) is 0. The Bertz CT molecular complexity index is 638. The van der Waals surface area contributed by atoms with Crippen molar-refractivity contribution < 1.29 is 30.3 Å². The number of ether oxygens (including phenoxy) is 1. The smallest absolute Gasteiger partial charge is 0.223 e. The largest absolute Gasteiger partial charge is 0.394 e. The van der Waals surface area contributed by atoms with Crippen molar-refractivity contribution in [2.24, 2.45) is 5.92 Å². The molecular formula is C16H19NO6. The van der Waals surface area contributed by atoms with E-state index in [0.29, 0.717) is 12.8 Å². The van der Waals surface area contributed by atoms with Crippen molar-refractivity contribution in [1.29, 1.82) is 5.26 Å². The molecule has 2 aliphatic rings. The molecule has 7 nitrogen and oxygen atoms in total. The van der Waals surface area contributed by atoms with Gasteiger partial charge in [0.1, 0.15) is 23.9 Å². The number of benzene rings is 1. The summed E-state index contributed by atoms with van der Waals surface area (Å²) in [5, 5.41) is 61.2. The molecule has 3 rings (SSSR count). The second-order valence-corrected chi connectivity index (χ2v) is 6.19. The molecule has 0 amide bonds. The number of aliphatic hydroxyl groups excluding tert-OH is 3. The number of hydrogen-bond acceptors (Lipinski definition) is 7. The van der Waals surface area contributed by atoms with Crippen LogP contribution in [0.15, 0.2) is 24.3 Å². The average Bonchev–Trinajstić information content (AvgIpc) is 3.41. The molecule has 0 bridgehead atoms. The number of hydrogen-bond donors (Lipinski definition) is 5. The van der Waals surface area contributed by atoms with E-state index in [1.165, 1.54) is 12.1 Å². The van der Waals surface area contributed by atoms with Crippen molar-refractivity contribution in [2.75, 3.05) is 6.61 Å². The molecule has 1 heterocycles. The number of aliphatic hydroxyl groups is 5. The molecule has 1 aliphatic carbocycles. The maximum Gasteiger partial charge on any atom is 0.223 e. The Morgan fingerprint density at radius 2 is 1.83 bits per heavy atom. The summed E-state index contributed by atoms with van der Waals surface area (Å²) in [6.07, 6.45) is -3.62. The zero-order chi connectivity index (χ0) is 16.8. The van der Waals surface area contributed by atoms with E-state index in [4.69, 9.17) is 4.74 Å². The summed E-state index contributed by atoms with van der Waals surface area (Å²) in [5.74, 6) is -2.72. The summed E-state index contributed by atoms with van der Waals surface area (Å²) in [6, 6.07) is 7.85. The molecule has 2 fully saturated rings. The van der Waals surface area contributed by atoms with Gasteiger partial charge in [-0.25, -0.2) is 0 Å². The SMILES string of the molecule is N#Cc1ccccc1C1(O)O[C@H](CO)[C@](O)(C2CC2)[C@H](O)[C@H]1O. The molecule has 1 aromatic rings. The van der Waals surface area contributed by atoms with Crippen LogP contribution in [-0.2, 0) is 10.5 Å². The molecule has 1 saturated heterocycles. The summed E-state index contributed by atoms with van der Waals surface area (Å²) < 4.78 is 5.45. The number of nitriles is 1. The highest BCUT2D eigenvalue weighted by molar-refractivity contribution is 5.41. The molecular weight excluding hydrogens is 302 g/mol. The van der Waals surface area contributed by atoms with Crippen LogP contribution < -0.4 is 0 Å². The van der Waals surface area contributed by atoms with Crippen molar-refractivity contribution in [3.8, 4) is 6.07 Å². The first-order valence-electron chi connectivity index (χ1n) is 7.48. The summed E-state index contributed by atoms with van der Waals surface area (Å²) in [6.45, 7) is -0.645. The maximum absolute atomic E-state index is 10.8. The lowest BCUT2D eigenvalue weighted by Gasteiger charge is -2.52. The predicted octanol–water partition coefficient (Wildman–Crippen LogP) is -1.04. The van der Waals surface area contributed by atoms with Crippen molar-refractivity contribution in [2.45, 2.75) is 42.5 Å². The van der Waals surface area contributed by atoms with E-state index in [0.717, 1.165) is 0 Å². The average molecular weight is 321 g/mol. The zero-order valence-electron chi connectivity index (χ0n) is 12.3. The first-order chi connectivity index (χ1) is 10.9. The van der Waals surface area contributed by atoms with Gasteiger partial charge in [0.15, 0.2) is 0 Å². The molecule has 23 heavy (non-hydrogen) atoms. The highest BCUT2D eigenvalue weighted by Gasteiger charge is 2.65. The topological polar surface area (TPSA) is 134 Å². The fraction of sp³-hybridized carbons (Fsp3) is 0.562. The van der Waals surface area contributed by atoms with Gasteiger partial charge in [-0.3, -0.25) is 0 Å². The molecule has 1 aromatic carbocycles. The third-order valence-corrected chi connectivity index (χ3v) is 4.84. The lowest BCUT2D eigenvalue weighted by Crippen LogP contribution is -2.71. The van der Waals surface area contributed by atoms with Gasteiger partial charge in [-0.2, -0.15) is 5.26 Å². The van der Waals surface area contributed by atoms with E-state index >= 15 is 0 Å². The van der Waals surface area contributed by atoms with Gasteiger partial charge >= 0.3 is 0 Å². The first kappa shape index (κ1) is 16.3. The molecule has 5 atom stereocenters. The number of rotatable bonds is 3. The summed E-state index contributed by atoms with van der Waals surface area (Å²) in [7, 11) is 0. The Morgan fingerprint density at radius 3 is 2.39 bits per heavy atom. The molecule has 0 aromatic heterocycles. The summed E-state index contributed by atoms with van der Waals surface area (Å²) in [5.41, 5.74) is -1.80. The molecule has 0 radical (unpaired) electrons. The van der Waals surface area contributed by atoms with Crippen LogP contribution in [-0.4, -0.2) is 56.1 Å². The standard InChI is InChI=1S/C16H19NO6/c17-7-9-3-1-2-4-11(9)16(22)14(20)13(19)15(21,10-5-6-10)12(8-18)23-16/h1-4,10,12-14,18-22H,5-6,8H2/t12-,13-,14-,15-,16?/m1/s1. The Labute approximate surface area is 133 Å². The van der Waals surface area contributed by atoms with Crippen LogP contribution in [0.5, 0.6) is 0 Å². The van der Waals surface area contributed by atoms with Crippen LogP contribution in [0, 0.1) is 17.2 Å². The Morgan fingerprint density at radius 1 is 1.17 bits per heavy atom. The maximum atomic E-state index is 10.8. The Balaban J connectivity index is 2.06. The molecule has 1 saturated carbocycles. The minimum Gasteiger partial charge on any atom is -0.394 e. The normalized spacial score (nSPS) is 40.6. The van der Waals surface area contributed by atoms with Crippen LogP contribution in [0.3, 0.4) is 0 Å². The van der Waals surface area contributed by atoms with E-state index in [2.05, 4.69) is 0 Å². The van der Waals surface area contributed by atoms with Crippen molar-refractivity contribution in [3.63, 3.8) is 0 Å². The fourth-order valence-electron chi connectivity index (χ4n) is 3.39. The molecule has 1 unspecified atom stereocenters. The van der Waals surface area contributed by atoms with Crippen LogP contribution in [0.25, 0.3) is 0 Å². The van der Waals surface area contributed by atoms with E-state index in [9.17, 15) is 30.8 Å². The third kappa shape index (κ3) is 2.27. The van der Waals surface area contributed by atoms with Crippen molar-refractivity contribution in [1.82, 2.24) is 0 Å². The highest BCUT2D eigenvalue weighted by atomic mass is 16.7. The minimum atomic E-state index is -2.40. The third-order valence-electron chi connectivity index (χ3n) is 4.84. The number of nitrogens with zero attached hydrogens (tertiary/aromatic N) is 1. The molecule has 124 valence electrons. The second-order valence-electron chi connectivity index (χ2n) is 6.19. The first-order valence-corrected chi connectivity index (χ1v) is 7.48. The van der Waals surface area contributed by atoms with Gasteiger partial charge in [-0.1, -0.05) is 18.2 Å². The van der Waals surface area contributed by atoms with Gasteiger partial charge in [-0.15, -0.1) is 0 Å². The second kappa shape index (κ2) is 5.53. The van der Waals surface area contributed by atoms with E-state index in [-0.39, 0.29) is 17.0 Å². The van der Waals surface area contributed by atoms with Crippen LogP contribution >= 0.6 is 0 Å². The highest BCUT2D eigenvalue weighted by Crippen LogP contribution is 2.51. The molecule has 1 aliphatic heterocycles. The quantitative estimate of drug-likeness (QED) is 0.480. The van der Waals surface area contributed by atoms with Crippen molar-refractivity contribution >= 4 is 0 Å². The van der Waals surface area contributed by atoms with Gasteiger partial charge in [0.05, 0.1) is 18.2 Å². The van der Waals surface area contributed by atoms with E-state index < -0.39 is 36.3 Å². The van der Waals surface area contributed by atoms with Gasteiger partial charge in [0.2, 0.25) is 5.79 Å². The molecule has 7 heteroatoms. The molecule has 0 spiro atoms. The van der Waals surface area contributed by atoms with Gasteiger partial charge < -0.3 is 30.3 Å². The van der Waals surface area contributed by atoms with E-state index in [1.807, 2.05) is 6.07 Å². The van der Waals surface area contributed by atoms with Gasteiger partial charge in [0.25, 0.3) is 0 Å². The monoisotopic (exact) mass is 321 g/mol. The van der Waals surface area contributed by atoms with Gasteiger partial charge in [-0.05, 0) is 24.8 Å². The fourth-order valence-corrected chi connectivity index (χ4v) is 3.39. The lowest BCUT2D eigenvalue weighted by molar-refractivity contribution is -0.385. The van der Waals surface area contributed by atoms with Gasteiger partial charge in [0, 0.05) is 5.56 Å². The Hall–Kier alpha value is -1.53.